The zero-order valence-electron chi connectivity index (χ0n) is 8.42. The van der Waals surface area contributed by atoms with Gasteiger partial charge < -0.3 is 9.47 Å². The second-order valence-electron chi connectivity index (χ2n) is 4.00. The first-order valence-electron chi connectivity index (χ1n) is 4.51. The third-order valence-electron chi connectivity index (χ3n) is 2.41. The van der Waals surface area contributed by atoms with E-state index in [0.29, 0.717) is 5.33 Å². The fourth-order valence-corrected chi connectivity index (χ4v) is 1.84. The third-order valence-corrected chi connectivity index (χ3v) is 2.94. The molecule has 0 spiro atoms. The van der Waals surface area contributed by atoms with Crippen molar-refractivity contribution in [1.29, 1.82) is 0 Å². The Morgan fingerprint density at radius 2 is 2.31 bits per heavy atom. The molecule has 0 bridgehead atoms. The minimum Gasteiger partial charge on any atom is -0.355 e. The molecule has 0 saturated carbocycles. The summed E-state index contributed by atoms with van der Waals surface area (Å²) in [6.45, 7) is 4.41. The number of halogens is 1. The maximum Gasteiger partial charge on any atom is 0.167 e. The Hall–Kier alpha value is 0.140. The molecule has 0 aromatic heterocycles. The first-order valence-corrected chi connectivity index (χ1v) is 5.63. The van der Waals surface area contributed by atoms with Crippen LogP contribution in [0.25, 0.3) is 0 Å². The number of allylic oxidation sites excluding steroid dienone is 1. The standard InChI is InChI=1S/C10H17BrO2/c1-10(2)6-4-5-8(10)13-9(7-11)12-3/h4-5,8-9H,6-7H2,1-3H3. The van der Waals surface area contributed by atoms with Gasteiger partial charge in [0.15, 0.2) is 6.29 Å². The van der Waals surface area contributed by atoms with Crippen LogP contribution < -0.4 is 0 Å². The van der Waals surface area contributed by atoms with E-state index in [4.69, 9.17) is 9.47 Å². The number of ether oxygens (including phenoxy) is 2. The summed E-state index contributed by atoms with van der Waals surface area (Å²) in [5, 5.41) is 0.712. The monoisotopic (exact) mass is 248 g/mol. The molecule has 1 rings (SSSR count). The van der Waals surface area contributed by atoms with E-state index in [2.05, 4.69) is 41.9 Å². The fraction of sp³-hybridized carbons (Fsp3) is 0.800. The molecule has 0 amide bonds. The lowest BCUT2D eigenvalue weighted by Crippen LogP contribution is -2.32. The van der Waals surface area contributed by atoms with E-state index in [-0.39, 0.29) is 17.8 Å². The van der Waals surface area contributed by atoms with Crippen molar-refractivity contribution >= 4 is 15.9 Å². The summed E-state index contributed by atoms with van der Waals surface area (Å²) in [6, 6.07) is 0. The van der Waals surface area contributed by atoms with E-state index in [1.807, 2.05) is 0 Å². The van der Waals surface area contributed by atoms with Crippen LogP contribution in [0.5, 0.6) is 0 Å². The summed E-state index contributed by atoms with van der Waals surface area (Å²) in [7, 11) is 1.66. The second-order valence-corrected chi connectivity index (χ2v) is 4.64. The predicted octanol–water partition coefficient (Wildman–Crippen LogP) is 2.73. The highest BCUT2D eigenvalue weighted by atomic mass is 79.9. The molecule has 3 heteroatoms. The number of hydrogen-bond donors (Lipinski definition) is 0. The number of methoxy groups -OCH3 is 1. The van der Waals surface area contributed by atoms with E-state index in [1.54, 1.807) is 7.11 Å². The maximum absolute atomic E-state index is 5.77. The van der Waals surface area contributed by atoms with Gasteiger partial charge in [-0.25, -0.2) is 0 Å². The Bertz CT molecular complexity index is 185. The van der Waals surface area contributed by atoms with Crippen molar-refractivity contribution in [1.82, 2.24) is 0 Å². The minimum absolute atomic E-state index is 0.146. The molecule has 2 atom stereocenters. The summed E-state index contributed by atoms with van der Waals surface area (Å²) in [5.74, 6) is 0. The van der Waals surface area contributed by atoms with Crippen LogP contribution in [0, 0.1) is 5.41 Å². The minimum atomic E-state index is -0.146. The quantitative estimate of drug-likeness (QED) is 0.433. The van der Waals surface area contributed by atoms with Crippen molar-refractivity contribution in [3.05, 3.63) is 12.2 Å². The van der Waals surface area contributed by atoms with Gasteiger partial charge in [-0.2, -0.15) is 0 Å². The van der Waals surface area contributed by atoms with Crippen LogP contribution in [0.15, 0.2) is 12.2 Å². The zero-order chi connectivity index (χ0) is 9.90. The van der Waals surface area contributed by atoms with Gasteiger partial charge in [0.05, 0.1) is 11.4 Å². The van der Waals surface area contributed by atoms with Gasteiger partial charge in [0.2, 0.25) is 0 Å². The van der Waals surface area contributed by atoms with Crippen LogP contribution in [0.2, 0.25) is 0 Å². The van der Waals surface area contributed by atoms with Crippen LogP contribution in [-0.4, -0.2) is 24.8 Å². The third kappa shape index (κ3) is 2.79. The fourth-order valence-electron chi connectivity index (χ4n) is 1.42. The van der Waals surface area contributed by atoms with Gasteiger partial charge in [-0.1, -0.05) is 41.9 Å². The molecular weight excluding hydrogens is 232 g/mol. The molecular formula is C10H17BrO2. The first kappa shape index (κ1) is 11.2. The molecule has 76 valence electrons. The molecule has 0 radical (unpaired) electrons. The SMILES string of the molecule is COC(CBr)OC1C=CCC1(C)C. The van der Waals surface area contributed by atoms with Crippen molar-refractivity contribution in [2.24, 2.45) is 5.41 Å². The molecule has 2 unspecified atom stereocenters. The normalized spacial score (nSPS) is 27.8. The van der Waals surface area contributed by atoms with Gasteiger partial charge in [0.1, 0.15) is 0 Å². The molecule has 1 aliphatic rings. The average molecular weight is 249 g/mol. The largest absolute Gasteiger partial charge is 0.355 e. The Kier molecular flexibility index (Phi) is 3.95. The molecule has 13 heavy (non-hydrogen) atoms. The van der Waals surface area contributed by atoms with Crippen LogP contribution in [0.4, 0.5) is 0 Å². The van der Waals surface area contributed by atoms with E-state index >= 15 is 0 Å². The lowest BCUT2D eigenvalue weighted by Gasteiger charge is -2.29. The lowest BCUT2D eigenvalue weighted by molar-refractivity contribution is -0.149. The summed E-state index contributed by atoms with van der Waals surface area (Å²) < 4.78 is 10.9. The van der Waals surface area contributed by atoms with Crippen molar-refractivity contribution in [2.45, 2.75) is 32.7 Å². The van der Waals surface area contributed by atoms with Crippen molar-refractivity contribution in [2.75, 3.05) is 12.4 Å². The molecule has 0 N–H and O–H groups in total. The summed E-state index contributed by atoms with van der Waals surface area (Å²) >= 11 is 3.35. The Morgan fingerprint density at radius 1 is 1.62 bits per heavy atom. The highest BCUT2D eigenvalue weighted by Crippen LogP contribution is 2.35. The average Bonchev–Trinajstić information content (AvgIpc) is 2.41. The van der Waals surface area contributed by atoms with Gasteiger partial charge in [-0.3, -0.25) is 0 Å². The van der Waals surface area contributed by atoms with Gasteiger partial charge in [0.25, 0.3) is 0 Å². The van der Waals surface area contributed by atoms with E-state index in [9.17, 15) is 0 Å². The van der Waals surface area contributed by atoms with E-state index in [1.165, 1.54) is 0 Å². The lowest BCUT2D eigenvalue weighted by atomic mass is 9.88. The summed E-state index contributed by atoms with van der Waals surface area (Å²) in [6.07, 6.45) is 5.40. The Labute approximate surface area is 88.4 Å². The molecule has 0 fully saturated rings. The van der Waals surface area contributed by atoms with Gasteiger partial charge >= 0.3 is 0 Å². The first-order chi connectivity index (χ1) is 6.10. The van der Waals surface area contributed by atoms with Crippen LogP contribution >= 0.6 is 15.9 Å². The summed E-state index contributed by atoms with van der Waals surface area (Å²) in [5.41, 5.74) is 0.207. The Morgan fingerprint density at radius 3 is 2.69 bits per heavy atom. The van der Waals surface area contributed by atoms with Gasteiger partial charge in [0, 0.05) is 7.11 Å². The molecule has 0 aromatic rings. The van der Waals surface area contributed by atoms with Crippen molar-refractivity contribution < 1.29 is 9.47 Å². The molecule has 2 nitrogen and oxygen atoms in total. The van der Waals surface area contributed by atoms with Crippen LogP contribution in [0.1, 0.15) is 20.3 Å². The van der Waals surface area contributed by atoms with E-state index < -0.39 is 0 Å². The summed E-state index contributed by atoms with van der Waals surface area (Å²) in [4.78, 5) is 0. The Balaban J connectivity index is 2.48. The topological polar surface area (TPSA) is 18.5 Å². The number of rotatable bonds is 4. The van der Waals surface area contributed by atoms with Crippen molar-refractivity contribution in [3.8, 4) is 0 Å². The second kappa shape index (κ2) is 4.58. The van der Waals surface area contributed by atoms with Gasteiger partial charge in [-0.15, -0.1) is 0 Å². The van der Waals surface area contributed by atoms with E-state index in [0.717, 1.165) is 6.42 Å². The highest BCUT2D eigenvalue weighted by molar-refractivity contribution is 9.09. The molecule has 0 aliphatic heterocycles. The molecule has 0 saturated heterocycles. The number of hydrogen-bond acceptors (Lipinski definition) is 2. The highest BCUT2D eigenvalue weighted by Gasteiger charge is 2.33. The molecule has 0 aromatic carbocycles. The van der Waals surface area contributed by atoms with Crippen molar-refractivity contribution in [3.63, 3.8) is 0 Å². The maximum atomic E-state index is 5.77. The molecule has 0 heterocycles. The number of alkyl halides is 1. The smallest absolute Gasteiger partial charge is 0.167 e. The van der Waals surface area contributed by atoms with Crippen LogP contribution in [-0.2, 0) is 9.47 Å². The molecule has 1 aliphatic carbocycles. The van der Waals surface area contributed by atoms with Gasteiger partial charge in [-0.05, 0) is 11.8 Å². The zero-order valence-corrected chi connectivity index (χ0v) is 10.0. The predicted molar refractivity (Wildman–Crippen MR) is 57.0 cm³/mol. The van der Waals surface area contributed by atoms with Crippen LogP contribution in [0.3, 0.4) is 0 Å².